The Labute approximate surface area is 426 Å². The van der Waals surface area contributed by atoms with Crippen LogP contribution in [0.4, 0.5) is 5.82 Å². The second kappa shape index (κ2) is 21.8. The van der Waals surface area contributed by atoms with Crippen LogP contribution in [0.3, 0.4) is 0 Å². The molecule has 6 heterocycles. The van der Waals surface area contributed by atoms with Crippen LogP contribution in [0, 0.1) is 5.92 Å². The zero-order valence-corrected chi connectivity index (χ0v) is 40.6. The van der Waals surface area contributed by atoms with E-state index >= 15 is 0 Å². The number of benzene rings is 4. The summed E-state index contributed by atoms with van der Waals surface area (Å²) in [6.45, 7) is 13.2. The first-order valence-electron chi connectivity index (χ1n) is 24.6. The number of hydrogen-bond donors (Lipinski definition) is 1. The molecule has 372 valence electrons. The van der Waals surface area contributed by atoms with Gasteiger partial charge in [0.15, 0.2) is 22.9 Å². The maximum Gasteiger partial charge on any atom is 0.246 e. The lowest BCUT2D eigenvalue weighted by molar-refractivity contribution is -0.130. The minimum Gasteiger partial charge on any atom is -0.457 e. The van der Waals surface area contributed by atoms with Crippen LogP contribution in [-0.4, -0.2) is 105 Å². The molecule has 2 aliphatic heterocycles. The van der Waals surface area contributed by atoms with Crippen molar-refractivity contribution >= 4 is 51.3 Å². The van der Waals surface area contributed by atoms with E-state index in [0.29, 0.717) is 93.9 Å². The van der Waals surface area contributed by atoms with E-state index in [-0.39, 0.29) is 42.6 Å². The van der Waals surface area contributed by atoms with Crippen LogP contribution in [0.5, 0.6) is 23.0 Å². The first-order valence-corrected chi connectivity index (χ1v) is 24.6. The van der Waals surface area contributed by atoms with Crippen LogP contribution in [-0.2, 0) is 25.6 Å². The highest BCUT2D eigenvalue weighted by Gasteiger charge is 2.34. The maximum atomic E-state index is 14.7. The normalized spacial score (nSPS) is 16.3. The minimum absolute atomic E-state index is 0.0144. The number of carbonyl (C=O) groups is 4. The summed E-state index contributed by atoms with van der Waals surface area (Å²) in [7, 11) is 0. The van der Waals surface area contributed by atoms with E-state index in [4.69, 9.17) is 29.6 Å². The standard InChI is InChI=1S/C57H53N11O6/c1-4-41(69)31-47-50-52(37-21-25-44(26-22-37)73-42-17-9-7-10-18-42)63-67(55(50)60-35-58-47)39-15-13-29-65(32-39)34-46(48(70)5-2)57(72)62-54-51-53(38-23-27-45(28-24-38)74-43-19-11-8-12-20-43)64-68(56(51)61-36-59-54)40-16-14-30-66(33-40)49(71)6-3/h4-12,17-28,35-36,39-40,46H,1-3,13-16,29-34H2,(H,59,61,62,72). The summed E-state index contributed by atoms with van der Waals surface area (Å²) in [4.78, 5) is 76.5. The summed E-state index contributed by atoms with van der Waals surface area (Å²) in [5.74, 6) is 0.285. The van der Waals surface area contributed by atoms with E-state index in [1.807, 2.05) is 119 Å². The molecule has 74 heavy (non-hydrogen) atoms. The Bertz CT molecular complexity index is 3390. The van der Waals surface area contributed by atoms with Crippen molar-refractivity contribution in [2.45, 2.75) is 44.2 Å². The van der Waals surface area contributed by atoms with Gasteiger partial charge in [0.2, 0.25) is 11.8 Å². The molecule has 10 rings (SSSR count). The second-order valence-electron chi connectivity index (χ2n) is 18.2. The fourth-order valence-electron chi connectivity index (χ4n) is 9.78. The summed E-state index contributed by atoms with van der Waals surface area (Å²) in [6.07, 6.45) is 9.54. The van der Waals surface area contributed by atoms with Gasteiger partial charge in [-0.05, 0) is 123 Å². The molecule has 3 atom stereocenters. The second-order valence-corrected chi connectivity index (χ2v) is 18.2. The molecule has 0 aliphatic carbocycles. The van der Waals surface area contributed by atoms with Crippen molar-refractivity contribution in [1.29, 1.82) is 0 Å². The molecule has 0 bridgehead atoms. The van der Waals surface area contributed by atoms with Gasteiger partial charge in [-0.25, -0.2) is 29.3 Å². The number of allylic oxidation sites excluding steroid dienone is 2. The Kier molecular flexibility index (Phi) is 14.3. The Morgan fingerprint density at radius 2 is 1.16 bits per heavy atom. The number of ether oxygens (including phenoxy) is 2. The van der Waals surface area contributed by atoms with Crippen molar-refractivity contribution < 1.29 is 28.7 Å². The fourth-order valence-corrected chi connectivity index (χ4v) is 9.78. The molecule has 2 fully saturated rings. The van der Waals surface area contributed by atoms with Gasteiger partial charge in [-0.15, -0.1) is 0 Å². The largest absolute Gasteiger partial charge is 0.457 e. The Morgan fingerprint density at radius 1 is 0.622 bits per heavy atom. The van der Waals surface area contributed by atoms with Crippen molar-refractivity contribution in [3.63, 3.8) is 0 Å². The van der Waals surface area contributed by atoms with Crippen LogP contribution < -0.4 is 14.8 Å². The monoisotopic (exact) mass is 987 g/mol. The molecular weight excluding hydrogens is 935 g/mol. The van der Waals surface area contributed by atoms with Crippen LogP contribution in [0.1, 0.15) is 43.5 Å². The van der Waals surface area contributed by atoms with Gasteiger partial charge in [-0.1, -0.05) is 56.1 Å². The highest BCUT2D eigenvalue weighted by atomic mass is 16.5. The number of ketones is 2. The predicted molar refractivity (Wildman–Crippen MR) is 281 cm³/mol. The summed E-state index contributed by atoms with van der Waals surface area (Å²) in [5.41, 5.74) is 4.14. The van der Waals surface area contributed by atoms with Crippen LogP contribution in [0.15, 0.2) is 160 Å². The molecule has 4 aromatic heterocycles. The number of anilines is 1. The number of rotatable bonds is 18. The smallest absolute Gasteiger partial charge is 0.246 e. The highest BCUT2D eigenvalue weighted by Crippen LogP contribution is 2.38. The van der Waals surface area contributed by atoms with E-state index in [1.54, 1.807) is 4.90 Å². The number of nitrogens with zero attached hydrogens (tertiary/aromatic N) is 10. The topological polar surface area (TPSA) is 192 Å². The van der Waals surface area contributed by atoms with Crippen molar-refractivity contribution in [2.24, 2.45) is 5.92 Å². The number of amides is 2. The molecule has 0 saturated carbocycles. The third-order valence-corrected chi connectivity index (χ3v) is 13.4. The van der Waals surface area contributed by atoms with E-state index in [1.165, 1.54) is 30.9 Å². The molecule has 3 unspecified atom stereocenters. The third kappa shape index (κ3) is 10.4. The van der Waals surface area contributed by atoms with Crippen molar-refractivity contribution in [2.75, 3.05) is 38.0 Å². The number of carbonyl (C=O) groups excluding carboxylic acids is 4. The van der Waals surface area contributed by atoms with Gasteiger partial charge in [0.05, 0.1) is 35.0 Å². The van der Waals surface area contributed by atoms with Crippen molar-refractivity contribution in [3.05, 3.63) is 166 Å². The third-order valence-electron chi connectivity index (χ3n) is 13.4. The van der Waals surface area contributed by atoms with Crippen molar-refractivity contribution in [3.8, 4) is 45.5 Å². The number of para-hydroxylation sites is 2. The van der Waals surface area contributed by atoms with E-state index in [0.717, 1.165) is 31.2 Å². The molecule has 2 saturated heterocycles. The van der Waals surface area contributed by atoms with Gasteiger partial charge < -0.3 is 19.7 Å². The molecule has 1 N–H and O–H groups in total. The Morgan fingerprint density at radius 3 is 1.74 bits per heavy atom. The molecular formula is C57H53N11O6. The van der Waals surface area contributed by atoms with Gasteiger partial charge >= 0.3 is 0 Å². The first-order chi connectivity index (χ1) is 36.2. The zero-order chi connectivity index (χ0) is 51.1. The molecule has 8 aromatic rings. The lowest BCUT2D eigenvalue weighted by atomic mass is 9.99. The molecule has 17 heteroatoms. The van der Waals surface area contributed by atoms with Crippen LogP contribution in [0.25, 0.3) is 44.6 Å². The maximum absolute atomic E-state index is 14.7. The molecule has 17 nitrogen and oxygen atoms in total. The molecule has 2 amide bonds. The average molecular weight is 988 g/mol. The number of nitrogens with one attached hydrogen (secondary N) is 1. The predicted octanol–water partition coefficient (Wildman–Crippen LogP) is 9.18. The summed E-state index contributed by atoms with van der Waals surface area (Å²) >= 11 is 0. The Hall–Kier alpha value is -8.96. The SMILES string of the molecule is C=CC(=O)Cc1ncnc2c1c(-c1ccc(Oc3ccccc3)cc1)nn2C1CCCN(CC(C(=O)C=C)C(=O)Nc2ncnc3c2c(-c2ccc(Oc4ccccc4)cc2)nn3C2CCCN(C(=O)C=C)C2)C1. The quantitative estimate of drug-likeness (QED) is 0.0633. The number of likely N-dealkylation sites (tertiary alicyclic amines) is 2. The first kappa shape index (κ1) is 48.7. The minimum atomic E-state index is -1.17. The molecule has 2 aliphatic rings. The van der Waals surface area contributed by atoms with Crippen molar-refractivity contribution in [1.82, 2.24) is 49.3 Å². The summed E-state index contributed by atoms with van der Waals surface area (Å²) in [5, 5.41) is 14.4. The number of fused-ring (bicyclic) bond motifs is 2. The summed E-state index contributed by atoms with van der Waals surface area (Å²) in [6, 6.07) is 33.5. The fraction of sp³-hybridized carbons (Fsp3) is 0.228. The zero-order valence-electron chi connectivity index (χ0n) is 40.6. The lowest BCUT2D eigenvalue weighted by Gasteiger charge is -2.34. The number of aromatic nitrogens is 8. The van der Waals surface area contributed by atoms with E-state index < -0.39 is 17.6 Å². The van der Waals surface area contributed by atoms with Crippen LogP contribution >= 0.6 is 0 Å². The number of piperidine rings is 2. The average Bonchev–Trinajstić information content (AvgIpc) is 4.05. The highest BCUT2D eigenvalue weighted by molar-refractivity contribution is 6.13. The van der Waals surface area contributed by atoms with E-state index in [9.17, 15) is 19.2 Å². The van der Waals surface area contributed by atoms with Gasteiger partial charge in [0, 0.05) is 37.3 Å². The van der Waals surface area contributed by atoms with Crippen LogP contribution in [0.2, 0.25) is 0 Å². The molecule has 0 spiro atoms. The lowest BCUT2D eigenvalue weighted by Crippen LogP contribution is -2.44. The van der Waals surface area contributed by atoms with Gasteiger partial charge in [0.1, 0.15) is 58.8 Å². The van der Waals surface area contributed by atoms with E-state index in [2.05, 4.69) is 39.9 Å². The van der Waals surface area contributed by atoms with Gasteiger partial charge in [-0.3, -0.25) is 24.1 Å². The van der Waals surface area contributed by atoms with Gasteiger partial charge in [-0.2, -0.15) is 10.2 Å². The Balaban J connectivity index is 0.940. The summed E-state index contributed by atoms with van der Waals surface area (Å²) < 4.78 is 15.8. The van der Waals surface area contributed by atoms with Gasteiger partial charge in [0.25, 0.3) is 0 Å². The molecule has 0 radical (unpaired) electrons. The number of hydrogen-bond acceptors (Lipinski definition) is 13. The molecule has 4 aromatic carbocycles.